The minimum Gasteiger partial charge on any atom is -0.328 e. The van der Waals surface area contributed by atoms with Crippen LogP contribution in [0.5, 0.6) is 0 Å². The van der Waals surface area contributed by atoms with E-state index in [-0.39, 0.29) is 6.04 Å². The van der Waals surface area contributed by atoms with Crippen molar-refractivity contribution in [2.75, 3.05) is 0 Å². The number of rotatable bonds is 3. The fourth-order valence-electron chi connectivity index (χ4n) is 2.48. The van der Waals surface area contributed by atoms with Crippen LogP contribution in [0.2, 0.25) is 5.02 Å². The van der Waals surface area contributed by atoms with Crippen LogP contribution in [0.3, 0.4) is 0 Å². The van der Waals surface area contributed by atoms with Crippen molar-refractivity contribution in [1.82, 2.24) is 9.55 Å². The van der Waals surface area contributed by atoms with Gasteiger partial charge in [-0.15, -0.1) is 0 Å². The van der Waals surface area contributed by atoms with E-state index in [4.69, 9.17) is 17.3 Å². The third-order valence-corrected chi connectivity index (χ3v) is 3.61. The lowest BCUT2D eigenvalue weighted by molar-refractivity contribution is 0.734. The summed E-state index contributed by atoms with van der Waals surface area (Å²) in [5.74, 6) is 0. The number of nitrogens with two attached hydrogens (primary N) is 1. The standard InChI is InChI=1S/C16H16ClN3/c1-11(18)9-12-5-4-6-13(17)16(12)20-10-19-14-7-2-3-8-15(14)20/h2-8,10-11H,9,18H2,1H3. The minimum absolute atomic E-state index is 0.0852. The van der Waals surface area contributed by atoms with Crippen LogP contribution in [0.25, 0.3) is 16.7 Å². The summed E-state index contributed by atoms with van der Waals surface area (Å²) in [5, 5.41) is 0.714. The maximum absolute atomic E-state index is 6.42. The molecular formula is C16H16ClN3. The Morgan fingerprint density at radius 2 is 2.00 bits per heavy atom. The summed E-state index contributed by atoms with van der Waals surface area (Å²) in [6, 6.07) is 14.0. The molecule has 3 nitrogen and oxygen atoms in total. The Hall–Kier alpha value is -1.84. The van der Waals surface area contributed by atoms with Crippen molar-refractivity contribution in [1.29, 1.82) is 0 Å². The first-order valence-electron chi connectivity index (χ1n) is 6.62. The SMILES string of the molecule is CC(N)Cc1cccc(Cl)c1-n1cnc2ccccc21. The van der Waals surface area contributed by atoms with Gasteiger partial charge in [-0.05, 0) is 37.1 Å². The summed E-state index contributed by atoms with van der Waals surface area (Å²) in [7, 11) is 0. The topological polar surface area (TPSA) is 43.8 Å². The van der Waals surface area contributed by atoms with Gasteiger partial charge in [0.15, 0.2) is 0 Å². The number of para-hydroxylation sites is 3. The minimum atomic E-state index is 0.0852. The molecule has 20 heavy (non-hydrogen) atoms. The molecule has 0 saturated heterocycles. The van der Waals surface area contributed by atoms with Gasteiger partial charge in [0.2, 0.25) is 0 Å². The largest absolute Gasteiger partial charge is 0.328 e. The van der Waals surface area contributed by atoms with E-state index in [0.29, 0.717) is 5.02 Å². The first kappa shape index (κ1) is 13.2. The molecule has 0 radical (unpaired) electrons. The predicted octanol–water partition coefficient (Wildman–Crippen LogP) is 3.57. The molecule has 0 amide bonds. The Kier molecular flexibility index (Phi) is 3.47. The smallest absolute Gasteiger partial charge is 0.100 e. The molecule has 1 aromatic heterocycles. The van der Waals surface area contributed by atoms with Crippen LogP contribution < -0.4 is 5.73 Å². The summed E-state index contributed by atoms with van der Waals surface area (Å²) < 4.78 is 2.04. The van der Waals surface area contributed by atoms with Crippen LogP contribution in [-0.2, 0) is 6.42 Å². The van der Waals surface area contributed by atoms with E-state index in [2.05, 4.69) is 11.1 Å². The van der Waals surface area contributed by atoms with Crippen molar-refractivity contribution >= 4 is 22.6 Å². The number of aromatic nitrogens is 2. The van der Waals surface area contributed by atoms with Crippen LogP contribution in [-0.4, -0.2) is 15.6 Å². The van der Waals surface area contributed by atoms with E-state index in [1.165, 1.54) is 0 Å². The number of hydrogen-bond acceptors (Lipinski definition) is 2. The molecule has 0 saturated carbocycles. The molecule has 0 aliphatic rings. The molecule has 3 aromatic rings. The zero-order valence-corrected chi connectivity index (χ0v) is 12.0. The van der Waals surface area contributed by atoms with Crippen molar-refractivity contribution in [3.8, 4) is 5.69 Å². The van der Waals surface area contributed by atoms with E-state index < -0.39 is 0 Å². The molecule has 0 aliphatic carbocycles. The summed E-state index contributed by atoms with van der Waals surface area (Å²) >= 11 is 6.42. The molecule has 0 spiro atoms. The van der Waals surface area contributed by atoms with Crippen LogP contribution >= 0.6 is 11.6 Å². The van der Waals surface area contributed by atoms with Gasteiger partial charge >= 0.3 is 0 Å². The van der Waals surface area contributed by atoms with Crippen molar-refractivity contribution in [2.45, 2.75) is 19.4 Å². The first-order valence-corrected chi connectivity index (χ1v) is 7.00. The van der Waals surface area contributed by atoms with Gasteiger partial charge in [0.25, 0.3) is 0 Å². The molecule has 0 fully saturated rings. The Balaban J connectivity index is 2.23. The van der Waals surface area contributed by atoms with Crippen molar-refractivity contribution < 1.29 is 0 Å². The van der Waals surface area contributed by atoms with Crippen LogP contribution in [0.4, 0.5) is 0 Å². The van der Waals surface area contributed by atoms with E-state index in [1.54, 1.807) is 0 Å². The van der Waals surface area contributed by atoms with E-state index in [1.807, 2.05) is 54.2 Å². The lowest BCUT2D eigenvalue weighted by Crippen LogP contribution is -2.19. The number of fused-ring (bicyclic) bond motifs is 1. The highest BCUT2D eigenvalue weighted by molar-refractivity contribution is 6.32. The molecule has 3 rings (SSSR count). The third-order valence-electron chi connectivity index (χ3n) is 3.31. The van der Waals surface area contributed by atoms with Crippen molar-refractivity contribution in [3.63, 3.8) is 0 Å². The Bertz CT molecular complexity index is 746. The Morgan fingerprint density at radius 3 is 2.80 bits per heavy atom. The van der Waals surface area contributed by atoms with Crippen LogP contribution in [0.15, 0.2) is 48.8 Å². The Labute approximate surface area is 123 Å². The average molecular weight is 286 g/mol. The van der Waals surface area contributed by atoms with Crippen LogP contribution in [0, 0.1) is 0 Å². The number of nitrogens with zero attached hydrogens (tertiary/aromatic N) is 2. The van der Waals surface area contributed by atoms with E-state index in [0.717, 1.165) is 28.7 Å². The first-order chi connectivity index (χ1) is 9.66. The van der Waals surface area contributed by atoms with Gasteiger partial charge in [-0.1, -0.05) is 35.9 Å². The van der Waals surface area contributed by atoms with Crippen LogP contribution in [0.1, 0.15) is 12.5 Å². The zero-order chi connectivity index (χ0) is 14.1. The van der Waals surface area contributed by atoms with E-state index >= 15 is 0 Å². The molecule has 1 heterocycles. The third kappa shape index (κ3) is 2.30. The quantitative estimate of drug-likeness (QED) is 0.799. The molecule has 4 heteroatoms. The molecule has 0 bridgehead atoms. The summed E-state index contributed by atoms with van der Waals surface area (Å²) in [6.45, 7) is 2.00. The highest BCUT2D eigenvalue weighted by atomic mass is 35.5. The van der Waals surface area contributed by atoms with Gasteiger partial charge in [0.1, 0.15) is 6.33 Å². The maximum Gasteiger partial charge on any atom is 0.100 e. The zero-order valence-electron chi connectivity index (χ0n) is 11.3. The predicted molar refractivity (Wildman–Crippen MR) is 83.4 cm³/mol. The highest BCUT2D eigenvalue weighted by Gasteiger charge is 2.13. The van der Waals surface area contributed by atoms with Crippen molar-refractivity contribution in [2.24, 2.45) is 5.73 Å². The van der Waals surface area contributed by atoms with Gasteiger partial charge in [-0.2, -0.15) is 0 Å². The van der Waals surface area contributed by atoms with Gasteiger partial charge in [-0.25, -0.2) is 4.98 Å². The Morgan fingerprint density at radius 1 is 1.20 bits per heavy atom. The monoisotopic (exact) mass is 285 g/mol. The average Bonchev–Trinajstić information content (AvgIpc) is 2.82. The molecular weight excluding hydrogens is 270 g/mol. The second-order valence-electron chi connectivity index (χ2n) is 5.03. The van der Waals surface area contributed by atoms with Crippen molar-refractivity contribution in [3.05, 3.63) is 59.4 Å². The molecule has 2 aromatic carbocycles. The maximum atomic E-state index is 6.42. The number of hydrogen-bond donors (Lipinski definition) is 1. The fraction of sp³-hybridized carbons (Fsp3) is 0.188. The normalized spacial score (nSPS) is 12.8. The lowest BCUT2D eigenvalue weighted by atomic mass is 10.1. The molecule has 2 N–H and O–H groups in total. The van der Waals surface area contributed by atoms with Gasteiger partial charge < -0.3 is 5.73 Å². The van der Waals surface area contributed by atoms with Gasteiger partial charge in [-0.3, -0.25) is 4.57 Å². The summed E-state index contributed by atoms with van der Waals surface area (Å²) in [4.78, 5) is 4.43. The summed E-state index contributed by atoms with van der Waals surface area (Å²) in [6.07, 6.45) is 2.60. The highest BCUT2D eigenvalue weighted by Crippen LogP contribution is 2.28. The molecule has 0 aliphatic heterocycles. The molecule has 1 unspecified atom stereocenters. The second-order valence-corrected chi connectivity index (χ2v) is 5.44. The molecule has 102 valence electrons. The lowest BCUT2D eigenvalue weighted by Gasteiger charge is -2.14. The number of benzene rings is 2. The fourth-order valence-corrected chi connectivity index (χ4v) is 2.76. The second kappa shape index (κ2) is 5.27. The number of imidazole rings is 1. The van der Waals surface area contributed by atoms with Gasteiger partial charge in [0, 0.05) is 6.04 Å². The van der Waals surface area contributed by atoms with E-state index in [9.17, 15) is 0 Å². The summed E-state index contributed by atoms with van der Waals surface area (Å²) in [5.41, 5.74) is 10.1. The number of halogens is 1. The molecule has 1 atom stereocenters. The van der Waals surface area contributed by atoms with Gasteiger partial charge in [0.05, 0.1) is 21.7 Å².